The maximum Gasteiger partial charge on any atom is 0.203 e. The lowest BCUT2D eigenvalue weighted by Gasteiger charge is -2.15. The molecular weight excluding hydrogens is 421 g/mol. The lowest BCUT2D eigenvalue weighted by atomic mass is 10.1. The quantitative estimate of drug-likeness (QED) is 0.263. The van der Waals surface area contributed by atoms with Crippen molar-refractivity contribution in [2.24, 2.45) is 4.99 Å². The van der Waals surface area contributed by atoms with E-state index in [2.05, 4.69) is 22.2 Å². The van der Waals surface area contributed by atoms with Gasteiger partial charge in [-0.05, 0) is 19.4 Å². The van der Waals surface area contributed by atoms with E-state index < -0.39 is 0 Å². The molecule has 0 unspecified atom stereocenters. The first-order chi connectivity index (χ1) is 11.2. The molecule has 0 aliphatic rings. The molecule has 1 aromatic carbocycles. The third-order valence-corrected chi connectivity index (χ3v) is 3.19. The van der Waals surface area contributed by atoms with Crippen molar-refractivity contribution in [2.75, 3.05) is 41.0 Å². The molecule has 0 aliphatic carbocycles. The van der Waals surface area contributed by atoms with Crippen LogP contribution in [0.3, 0.4) is 0 Å². The van der Waals surface area contributed by atoms with Gasteiger partial charge in [-0.2, -0.15) is 0 Å². The van der Waals surface area contributed by atoms with Gasteiger partial charge in [-0.3, -0.25) is 4.99 Å². The smallest absolute Gasteiger partial charge is 0.203 e. The lowest BCUT2D eigenvalue weighted by Crippen LogP contribution is -2.37. The van der Waals surface area contributed by atoms with Gasteiger partial charge in [-0.1, -0.05) is 12.1 Å². The largest absolute Gasteiger partial charge is 0.493 e. The summed E-state index contributed by atoms with van der Waals surface area (Å²) in [6.07, 6.45) is 2.53. The number of rotatable bonds is 9. The Hall–Kier alpha value is -1.64. The molecule has 136 valence electrons. The normalized spacial score (nSPS) is 10.4. The highest BCUT2D eigenvalue weighted by Crippen LogP contribution is 2.39. The van der Waals surface area contributed by atoms with Crippen molar-refractivity contribution < 1.29 is 14.2 Å². The Morgan fingerprint density at radius 2 is 1.83 bits per heavy atom. The molecule has 0 spiro atoms. The van der Waals surface area contributed by atoms with Crippen LogP contribution in [0, 0.1) is 0 Å². The molecule has 1 rings (SSSR count). The SMILES string of the molecule is C=CCNC(=NCCc1ccc(OC)c(OC)c1OC)NCC.I. The van der Waals surface area contributed by atoms with Gasteiger partial charge in [0.15, 0.2) is 17.5 Å². The molecule has 0 saturated carbocycles. The van der Waals surface area contributed by atoms with Gasteiger partial charge in [-0.15, -0.1) is 30.6 Å². The van der Waals surface area contributed by atoms with E-state index in [9.17, 15) is 0 Å². The van der Waals surface area contributed by atoms with Crippen LogP contribution in [-0.2, 0) is 6.42 Å². The van der Waals surface area contributed by atoms with Crippen LogP contribution in [0.25, 0.3) is 0 Å². The first-order valence-electron chi connectivity index (χ1n) is 7.62. The molecule has 0 saturated heterocycles. The van der Waals surface area contributed by atoms with Crippen LogP contribution in [-0.4, -0.2) is 46.9 Å². The Labute approximate surface area is 161 Å². The molecule has 2 N–H and O–H groups in total. The number of benzene rings is 1. The van der Waals surface area contributed by atoms with Crippen molar-refractivity contribution in [1.82, 2.24) is 10.6 Å². The van der Waals surface area contributed by atoms with Crippen LogP contribution in [0.15, 0.2) is 29.8 Å². The van der Waals surface area contributed by atoms with Crippen molar-refractivity contribution in [3.8, 4) is 17.2 Å². The molecule has 0 bridgehead atoms. The number of methoxy groups -OCH3 is 3. The zero-order valence-corrected chi connectivity index (χ0v) is 17.2. The van der Waals surface area contributed by atoms with Gasteiger partial charge in [0, 0.05) is 25.2 Å². The molecule has 0 atom stereocenters. The van der Waals surface area contributed by atoms with E-state index in [0.29, 0.717) is 30.3 Å². The van der Waals surface area contributed by atoms with Crippen molar-refractivity contribution in [2.45, 2.75) is 13.3 Å². The second kappa shape index (κ2) is 12.7. The van der Waals surface area contributed by atoms with Gasteiger partial charge in [0.05, 0.1) is 21.3 Å². The van der Waals surface area contributed by atoms with E-state index in [4.69, 9.17) is 14.2 Å². The number of halogens is 1. The van der Waals surface area contributed by atoms with Gasteiger partial charge >= 0.3 is 0 Å². The van der Waals surface area contributed by atoms with E-state index in [0.717, 1.165) is 24.5 Å². The van der Waals surface area contributed by atoms with Crippen LogP contribution in [0.2, 0.25) is 0 Å². The molecule has 24 heavy (non-hydrogen) atoms. The number of hydrogen-bond donors (Lipinski definition) is 2. The van der Waals surface area contributed by atoms with Crippen molar-refractivity contribution in [1.29, 1.82) is 0 Å². The maximum atomic E-state index is 5.48. The fourth-order valence-electron chi connectivity index (χ4n) is 2.16. The third kappa shape index (κ3) is 6.46. The molecule has 0 aliphatic heterocycles. The summed E-state index contributed by atoms with van der Waals surface area (Å²) in [4.78, 5) is 4.54. The first-order valence-corrected chi connectivity index (χ1v) is 7.62. The zero-order valence-electron chi connectivity index (χ0n) is 14.8. The molecule has 0 heterocycles. The number of ether oxygens (including phenoxy) is 3. The minimum absolute atomic E-state index is 0. The zero-order chi connectivity index (χ0) is 17.1. The van der Waals surface area contributed by atoms with Gasteiger partial charge < -0.3 is 24.8 Å². The van der Waals surface area contributed by atoms with E-state index in [-0.39, 0.29) is 24.0 Å². The summed E-state index contributed by atoms with van der Waals surface area (Å²) in [6.45, 7) is 7.83. The summed E-state index contributed by atoms with van der Waals surface area (Å²) in [6, 6.07) is 3.85. The predicted octanol–water partition coefficient (Wildman–Crippen LogP) is 2.61. The second-order valence-corrected chi connectivity index (χ2v) is 4.67. The van der Waals surface area contributed by atoms with Crippen molar-refractivity contribution >= 4 is 29.9 Å². The molecule has 0 fully saturated rings. The van der Waals surface area contributed by atoms with Gasteiger partial charge in [0.2, 0.25) is 5.75 Å². The minimum Gasteiger partial charge on any atom is -0.493 e. The number of guanidine groups is 1. The Morgan fingerprint density at radius 3 is 2.38 bits per heavy atom. The Morgan fingerprint density at radius 1 is 1.12 bits per heavy atom. The lowest BCUT2D eigenvalue weighted by molar-refractivity contribution is 0.322. The highest BCUT2D eigenvalue weighted by atomic mass is 127. The summed E-state index contributed by atoms with van der Waals surface area (Å²) < 4.78 is 16.2. The molecule has 7 heteroatoms. The van der Waals surface area contributed by atoms with Crippen LogP contribution >= 0.6 is 24.0 Å². The highest BCUT2D eigenvalue weighted by Gasteiger charge is 2.15. The van der Waals surface area contributed by atoms with E-state index in [1.54, 1.807) is 27.4 Å². The fourth-order valence-corrected chi connectivity index (χ4v) is 2.16. The standard InChI is InChI=1S/C17H27N3O3.HI/c1-6-11-19-17(18-7-2)20-12-10-13-8-9-14(21-3)16(23-5)15(13)22-4;/h6,8-9H,1,7,10-12H2,2-5H3,(H2,18,19,20);1H. The molecular formula is C17H28IN3O3. The third-order valence-electron chi connectivity index (χ3n) is 3.19. The molecule has 0 radical (unpaired) electrons. The Kier molecular flexibility index (Phi) is 11.9. The van der Waals surface area contributed by atoms with E-state index in [1.807, 2.05) is 19.1 Å². The topological polar surface area (TPSA) is 64.1 Å². The van der Waals surface area contributed by atoms with Crippen LogP contribution < -0.4 is 24.8 Å². The van der Waals surface area contributed by atoms with Gasteiger partial charge in [0.1, 0.15) is 0 Å². The first kappa shape index (κ1) is 22.4. The van der Waals surface area contributed by atoms with E-state index in [1.165, 1.54) is 0 Å². The summed E-state index contributed by atoms with van der Waals surface area (Å²) in [5.74, 6) is 2.71. The highest BCUT2D eigenvalue weighted by molar-refractivity contribution is 14.0. The average Bonchev–Trinajstić information content (AvgIpc) is 2.58. The maximum absolute atomic E-state index is 5.48. The van der Waals surface area contributed by atoms with Crippen LogP contribution in [0.1, 0.15) is 12.5 Å². The predicted molar refractivity (Wildman–Crippen MR) is 109 cm³/mol. The summed E-state index contributed by atoms with van der Waals surface area (Å²) in [5.41, 5.74) is 1.02. The molecule has 0 amide bonds. The van der Waals surface area contributed by atoms with Crippen LogP contribution in [0.4, 0.5) is 0 Å². The number of nitrogens with zero attached hydrogens (tertiary/aromatic N) is 1. The monoisotopic (exact) mass is 449 g/mol. The second-order valence-electron chi connectivity index (χ2n) is 4.67. The van der Waals surface area contributed by atoms with Crippen LogP contribution in [0.5, 0.6) is 17.2 Å². The average molecular weight is 449 g/mol. The number of nitrogens with one attached hydrogen (secondary N) is 2. The summed E-state index contributed by atoms with van der Waals surface area (Å²) >= 11 is 0. The number of aliphatic imine (C=N–C) groups is 1. The van der Waals surface area contributed by atoms with E-state index >= 15 is 0 Å². The van der Waals surface area contributed by atoms with Crippen molar-refractivity contribution in [3.05, 3.63) is 30.4 Å². The van der Waals surface area contributed by atoms with Gasteiger partial charge in [-0.25, -0.2) is 0 Å². The number of hydrogen-bond acceptors (Lipinski definition) is 4. The molecule has 6 nitrogen and oxygen atoms in total. The molecule has 0 aromatic heterocycles. The Bertz CT molecular complexity index is 536. The summed E-state index contributed by atoms with van der Waals surface area (Å²) in [5, 5.41) is 6.36. The fraction of sp³-hybridized carbons (Fsp3) is 0.471. The molecule has 1 aromatic rings. The van der Waals surface area contributed by atoms with Gasteiger partial charge in [0.25, 0.3) is 0 Å². The minimum atomic E-state index is 0. The summed E-state index contributed by atoms with van der Waals surface area (Å²) in [7, 11) is 4.83. The Balaban J connectivity index is 0.00000529. The van der Waals surface area contributed by atoms with Crippen molar-refractivity contribution in [3.63, 3.8) is 0 Å².